The van der Waals surface area contributed by atoms with Crippen molar-refractivity contribution in [1.82, 2.24) is 0 Å². The Balaban J connectivity index is 1.77. The van der Waals surface area contributed by atoms with Gasteiger partial charge in [-0.05, 0) is 48.6 Å². The standard InChI is InChI=1S/C23H21ClFNO3/c1-14(24)12-17-20(23(17,2)3)22(27)29-21(26-4)15-10-11-18(25)19(13-15)28-16-8-6-5-7-9-16/h5-13,17,20-21H,1-3H3/b14-12-. The molecule has 1 aliphatic carbocycles. The molecule has 3 rings (SSSR count). The van der Waals surface area contributed by atoms with E-state index in [2.05, 4.69) is 4.85 Å². The zero-order valence-corrected chi connectivity index (χ0v) is 17.1. The first-order valence-electron chi connectivity index (χ1n) is 9.17. The second-order valence-corrected chi connectivity index (χ2v) is 8.20. The van der Waals surface area contributed by atoms with Crippen LogP contribution in [0.25, 0.3) is 4.85 Å². The summed E-state index contributed by atoms with van der Waals surface area (Å²) in [6.45, 7) is 13.1. The zero-order chi connectivity index (χ0) is 21.2. The van der Waals surface area contributed by atoms with Crippen LogP contribution in [0, 0.1) is 29.6 Å². The molecule has 0 aromatic heterocycles. The van der Waals surface area contributed by atoms with E-state index in [1.54, 1.807) is 31.2 Å². The highest BCUT2D eigenvalue weighted by Gasteiger charge is 2.62. The summed E-state index contributed by atoms with van der Waals surface area (Å²) in [5.41, 5.74) is 0.0595. The molecule has 0 saturated heterocycles. The molecule has 29 heavy (non-hydrogen) atoms. The maximum atomic E-state index is 14.2. The minimum absolute atomic E-state index is 0.0379. The number of allylic oxidation sites excluding steroid dienone is 2. The van der Waals surface area contributed by atoms with Crippen molar-refractivity contribution >= 4 is 17.6 Å². The Hall–Kier alpha value is -2.84. The summed E-state index contributed by atoms with van der Waals surface area (Å²) in [5, 5.41) is 0.612. The van der Waals surface area contributed by atoms with Crippen molar-refractivity contribution in [2.75, 3.05) is 0 Å². The van der Waals surface area contributed by atoms with E-state index in [4.69, 9.17) is 27.6 Å². The molecule has 2 aromatic rings. The maximum Gasteiger partial charge on any atom is 0.395 e. The fraction of sp³-hybridized carbons (Fsp3) is 0.304. The second-order valence-electron chi connectivity index (χ2n) is 7.60. The molecule has 2 aromatic carbocycles. The van der Waals surface area contributed by atoms with Crippen LogP contribution in [0.4, 0.5) is 4.39 Å². The van der Waals surface area contributed by atoms with Crippen molar-refractivity contribution in [3.05, 3.63) is 82.4 Å². The minimum atomic E-state index is -1.18. The highest BCUT2D eigenvalue weighted by molar-refractivity contribution is 6.29. The molecule has 6 heteroatoms. The van der Waals surface area contributed by atoms with Crippen molar-refractivity contribution in [3.63, 3.8) is 0 Å². The number of hydrogen-bond acceptors (Lipinski definition) is 3. The molecule has 0 bridgehead atoms. The van der Waals surface area contributed by atoms with Gasteiger partial charge in [-0.15, -0.1) is 0 Å². The fourth-order valence-electron chi connectivity index (χ4n) is 3.41. The largest absolute Gasteiger partial charge is 0.454 e. The molecule has 0 radical (unpaired) electrons. The van der Waals surface area contributed by atoms with Gasteiger partial charge in [0.15, 0.2) is 11.6 Å². The van der Waals surface area contributed by atoms with E-state index in [-0.39, 0.29) is 23.0 Å². The predicted molar refractivity (Wildman–Crippen MR) is 109 cm³/mol. The smallest absolute Gasteiger partial charge is 0.395 e. The van der Waals surface area contributed by atoms with Gasteiger partial charge in [-0.2, -0.15) is 0 Å². The first kappa shape index (κ1) is 20.9. The second kappa shape index (κ2) is 8.26. The van der Waals surface area contributed by atoms with E-state index in [1.165, 1.54) is 18.2 Å². The van der Waals surface area contributed by atoms with Gasteiger partial charge in [-0.1, -0.05) is 49.7 Å². The van der Waals surface area contributed by atoms with Crippen molar-refractivity contribution in [1.29, 1.82) is 0 Å². The number of hydrogen-bond donors (Lipinski definition) is 0. The van der Waals surface area contributed by atoms with Crippen LogP contribution in [0.5, 0.6) is 11.5 Å². The number of halogens is 2. The third-order valence-electron chi connectivity index (χ3n) is 5.13. The van der Waals surface area contributed by atoms with Crippen LogP contribution in [-0.2, 0) is 9.53 Å². The fourth-order valence-corrected chi connectivity index (χ4v) is 3.54. The van der Waals surface area contributed by atoms with Crippen LogP contribution in [0.3, 0.4) is 0 Å². The van der Waals surface area contributed by atoms with Gasteiger partial charge in [-0.3, -0.25) is 9.64 Å². The van der Waals surface area contributed by atoms with Gasteiger partial charge in [0.25, 0.3) is 0 Å². The average Bonchev–Trinajstić information content (AvgIpc) is 3.21. The van der Waals surface area contributed by atoms with Crippen molar-refractivity contribution in [2.24, 2.45) is 17.3 Å². The quantitative estimate of drug-likeness (QED) is 0.401. The molecular weight excluding hydrogens is 393 g/mol. The van der Waals surface area contributed by atoms with E-state index in [0.717, 1.165) is 0 Å². The summed E-state index contributed by atoms with van der Waals surface area (Å²) in [6.07, 6.45) is 0.656. The molecule has 1 fully saturated rings. The van der Waals surface area contributed by atoms with Crippen LogP contribution in [0.15, 0.2) is 59.6 Å². The molecule has 0 heterocycles. The number of carbonyl (C=O) groups excluding carboxylic acids is 1. The van der Waals surface area contributed by atoms with Crippen LogP contribution in [0.1, 0.15) is 32.6 Å². The van der Waals surface area contributed by atoms with Gasteiger partial charge in [0, 0.05) is 5.03 Å². The van der Waals surface area contributed by atoms with Gasteiger partial charge >= 0.3 is 12.2 Å². The summed E-state index contributed by atoms with van der Waals surface area (Å²) in [6, 6.07) is 12.8. The first-order chi connectivity index (χ1) is 13.7. The maximum absolute atomic E-state index is 14.2. The Morgan fingerprint density at radius 3 is 2.59 bits per heavy atom. The number of esters is 1. The number of carbonyl (C=O) groups is 1. The Morgan fingerprint density at radius 1 is 1.28 bits per heavy atom. The number of nitrogens with zero attached hydrogens (tertiary/aromatic N) is 1. The molecule has 150 valence electrons. The third-order valence-corrected chi connectivity index (χ3v) is 5.26. The molecule has 1 aliphatic rings. The summed E-state index contributed by atoms with van der Waals surface area (Å²) in [4.78, 5) is 16.1. The lowest BCUT2D eigenvalue weighted by Crippen LogP contribution is -2.13. The van der Waals surface area contributed by atoms with E-state index >= 15 is 0 Å². The predicted octanol–water partition coefficient (Wildman–Crippen LogP) is 6.49. The summed E-state index contributed by atoms with van der Waals surface area (Å²) in [7, 11) is 0. The molecular formula is C23H21ClFNO3. The number of ether oxygens (including phenoxy) is 2. The Morgan fingerprint density at radius 2 is 1.97 bits per heavy atom. The SMILES string of the molecule is [C-]#[N+]C(OC(=O)C1C(/C=C(/C)Cl)C1(C)C)c1ccc(F)c(Oc2ccccc2)c1. The summed E-state index contributed by atoms with van der Waals surface area (Å²) < 4.78 is 25.2. The van der Waals surface area contributed by atoms with Gasteiger partial charge in [0.1, 0.15) is 5.75 Å². The lowest BCUT2D eigenvalue weighted by molar-refractivity contribution is -0.150. The van der Waals surface area contributed by atoms with Gasteiger partial charge in [-0.25, -0.2) is 11.0 Å². The molecule has 0 amide bonds. The molecule has 1 saturated carbocycles. The normalized spacial score (nSPS) is 21.0. The van der Waals surface area contributed by atoms with Crippen LogP contribution >= 0.6 is 11.6 Å². The van der Waals surface area contributed by atoms with Gasteiger partial charge in [0.2, 0.25) is 0 Å². The Bertz CT molecular complexity index is 977. The molecule has 3 unspecified atom stereocenters. The van der Waals surface area contributed by atoms with E-state index in [0.29, 0.717) is 16.3 Å². The number of para-hydroxylation sites is 1. The molecule has 0 spiro atoms. The van der Waals surface area contributed by atoms with E-state index in [9.17, 15) is 9.18 Å². The lowest BCUT2D eigenvalue weighted by atomic mass is 10.1. The van der Waals surface area contributed by atoms with Crippen molar-refractivity contribution in [2.45, 2.75) is 27.0 Å². The lowest BCUT2D eigenvalue weighted by Gasteiger charge is -2.11. The monoisotopic (exact) mass is 413 g/mol. The Kier molecular flexibility index (Phi) is 5.95. The molecule has 0 aliphatic heterocycles. The van der Waals surface area contributed by atoms with Crippen LogP contribution in [-0.4, -0.2) is 5.97 Å². The van der Waals surface area contributed by atoms with Gasteiger partial charge < -0.3 is 9.47 Å². The average molecular weight is 414 g/mol. The third kappa shape index (κ3) is 4.60. The highest BCUT2D eigenvalue weighted by atomic mass is 35.5. The minimum Gasteiger partial charge on any atom is -0.454 e. The van der Waals surface area contributed by atoms with Crippen molar-refractivity contribution < 1.29 is 18.7 Å². The zero-order valence-electron chi connectivity index (χ0n) is 16.4. The molecule has 0 N–H and O–H groups in total. The highest BCUT2D eigenvalue weighted by Crippen LogP contribution is 2.60. The topological polar surface area (TPSA) is 39.9 Å². The van der Waals surface area contributed by atoms with E-state index < -0.39 is 18.0 Å². The van der Waals surface area contributed by atoms with Gasteiger partial charge in [0.05, 0.1) is 11.5 Å². The number of benzene rings is 2. The van der Waals surface area contributed by atoms with Crippen molar-refractivity contribution in [3.8, 4) is 11.5 Å². The Labute approximate surface area is 174 Å². The van der Waals surface area contributed by atoms with E-state index in [1.807, 2.05) is 26.0 Å². The molecule has 4 nitrogen and oxygen atoms in total. The number of rotatable bonds is 6. The van der Waals surface area contributed by atoms with Crippen LogP contribution in [0.2, 0.25) is 0 Å². The van der Waals surface area contributed by atoms with Crippen LogP contribution < -0.4 is 4.74 Å². The molecule has 3 atom stereocenters. The summed E-state index contributed by atoms with van der Waals surface area (Å²) >= 11 is 5.95. The summed E-state index contributed by atoms with van der Waals surface area (Å²) in [5.74, 6) is -1.02. The first-order valence-corrected chi connectivity index (χ1v) is 9.55.